The molecule has 11 unspecified atom stereocenters. The average Bonchev–Trinajstić information content (AvgIpc) is 3.60. The molecule has 0 amide bonds. The van der Waals surface area contributed by atoms with Crippen molar-refractivity contribution in [3.63, 3.8) is 0 Å². The molecule has 2 saturated heterocycles. The van der Waals surface area contributed by atoms with Crippen LogP contribution in [0.3, 0.4) is 0 Å². The van der Waals surface area contributed by atoms with E-state index in [9.17, 15) is 50.4 Å². The minimum atomic E-state index is -2.27. The lowest BCUT2D eigenvalue weighted by molar-refractivity contribution is -0.395. The van der Waals surface area contributed by atoms with Gasteiger partial charge < -0.3 is 69.3 Å². The van der Waals surface area contributed by atoms with Crippen LogP contribution in [-0.4, -0.2) is 127 Å². The third-order valence-corrected chi connectivity index (χ3v) is 9.75. The third-order valence-electron chi connectivity index (χ3n) is 9.75. The molecule has 0 aromatic heterocycles. The van der Waals surface area contributed by atoms with E-state index in [0.29, 0.717) is 0 Å². The largest absolute Gasteiger partial charge is 0.508 e. The van der Waals surface area contributed by atoms with E-state index < -0.39 is 97.9 Å². The van der Waals surface area contributed by atoms with Crippen LogP contribution in [0.25, 0.3) is 0 Å². The summed E-state index contributed by atoms with van der Waals surface area (Å²) in [6.45, 7) is 2.37. The van der Waals surface area contributed by atoms with Crippen molar-refractivity contribution in [1.29, 1.82) is 0 Å². The summed E-state index contributed by atoms with van der Waals surface area (Å²) in [4.78, 5) is 25.7. The maximum absolute atomic E-state index is 13.3. The maximum Gasteiger partial charge on any atom is 0.331 e. The number of aromatic hydroxyl groups is 2. The van der Waals surface area contributed by atoms with Crippen LogP contribution in [0.4, 0.5) is 0 Å². The fraction of sp³-hybridized carbons (Fsp3) is 0.467. The lowest BCUT2D eigenvalue weighted by atomic mass is 9.86. The second-order valence-electron chi connectivity index (χ2n) is 14.4. The summed E-state index contributed by atoms with van der Waals surface area (Å²) in [7, 11) is 0. The maximum atomic E-state index is 13.3. The Kier molecular flexibility index (Phi) is 19.8. The normalized spacial score (nSPS) is 30.1. The quantitative estimate of drug-likeness (QED) is 0.0533. The van der Waals surface area contributed by atoms with E-state index in [1.54, 1.807) is 36.5 Å². The third kappa shape index (κ3) is 13.6. The molecule has 0 saturated carbocycles. The number of esters is 2. The molecule has 16 heteroatoms. The Bertz CT molecular complexity index is 1810. The number of hydrogen-bond acceptors (Lipinski definition) is 16. The smallest absolute Gasteiger partial charge is 0.331 e. The predicted octanol–water partition coefficient (Wildman–Crippen LogP) is 2.98. The summed E-state index contributed by atoms with van der Waals surface area (Å²) in [6.07, 6.45) is 13.4. The van der Waals surface area contributed by atoms with Gasteiger partial charge in [0.05, 0.1) is 24.9 Å². The summed E-state index contributed by atoms with van der Waals surface area (Å²) in [5, 5.41) is 86.2. The molecule has 4 rings (SSSR count). The molecular weight excluding hydrogens is 796 g/mol. The van der Waals surface area contributed by atoms with Crippen LogP contribution in [0.2, 0.25) is 0 Å². The van der Waals surface area contributed by atoms with E-state index in [-0.39, 0.29) is 29.9 Å². The highest BCUT2D eigenvalue weighted by Crippen LogP contribution is 2.51. The molecule has 334 valence electrons. The molecule has 8 N–H and O–H groups in total. The van der Waals surface area contributed by atoms with Gasteiger partial charge in [-0.05, 0) is 30.9 Å². The van der Waals surface area contributed by atoms with Gasteiger partial charge in [0.2, 0.25) is 5.79 Å². The Balaban J connectivity index is 1.52. The van der Waals surface area contributed by atoms with Crippen LogP contribution in [0.5, 0.6) is 11.5 Å². The first kappa shape index (κ1) is 48.9. The van der Waals surface area contributed by atoms with Gasteiger partial charge in [-0.2, -0.15) is 0 Å². The molecular formula is C45H58O16. The number of aliphatic hydroxyl groups excluding tert-OH is 6. The number of rotatable bonds is 20. The molecule has 2 fully saturated rings. The molecule has 3 aliphatic rings. The number of hydrogen-bond donors (Lipinski definition) is 8. The van der Waals surface area contributed by atoms with Crippen LogP contribution < -0.4 is 0 Å². The fourth-order valence-corrected chi connectivity index (χ4v) is 6.66. The number of unbranched alkanes of at least 4 members (excludes halogenated alkanes) is 2. The predicted molar refractivity (Wildman–Crippen MR) is 220 cm³/mol. The highest BCUT2D eigenvalue weighted by molar-refractivity contribution is 5.82. The van der Waals surface area contributed by atoms with Crippen molar-refractivity contribution in [3.8, 4) is 11.5 Å². The molecule has 1 aromatic carbocycles. The van der Waals surface area contributed by atoms with Crippen molar-refractivity contribution < 1.29 is 78.9 Å². The number of phenols is 2. The van der Waals surface area contributed by atoms with Gasteiger partial charge in [0, 0.05) is 18.2 Å². The molecule has 1 spiro atoms. The molecule has 0 aliphatic carbocycles. The highest BCUT2D eigenvalue weighted by Gasteiger charge is 2.63. The van der Waals surface area contributed by atoms with Crippen molar-refractivity contribution in [2.24, 2.45) is 0 Å². The second kappa shape index (κ2) is 24.7. The van der Waals surface area contributed by atoms with Crippen molar-refractivity contribution >= 4 is 11.9 Å². The Morgan fingerprint density at radius 1 is 0.803 bits per heavy atom. The first-order valence-corrected chi connectivity index (χ1v) is 20.3. The fourth-order valence-electron chi connectivity index (χ4n) is 6.66. The first-order valence-electron chi connectivity index (χ1n) is 20.3. The van der Waals surface area contributed by atoms with E-state index in [0.717, 1.165) is 43.9 Å². The topological polar surface area (TPSA) is 251 Å². The van der Waals surface area contributed by atoms with Crippen LogP contribution in [0, 0.1) is 0 Å². The minimum Gasteiger partial charge on any atom is -0.508 e. The van der Waals surface area contributed by atoms with Gasteiger partial charge in [0.15, 0.2) is 18.5 Å². The zero-order valence-electron chi connectivity index (χ0n) is 34.2. The Hall–Kier alpha value is -4.72. The van der Waals surface area contributed by atoms with E-state index in [1.165, 1.54) is 24.3 Å². The molecule has 0 radical (unpaired) electrons. The van der Waals surface area contributed by atoms with Gasteiger partial charge >= 0.3 is 11.9 Å². The van der Waals surface area contributed by atoms with Crippen LogP contribution in [0.15, 0.2) is 109 Å². The average molecular weight is 855 g/mol. The number of aliphatic hydroxyl groups is 6. The Morgan fingerprint density at radius 2 is 1.44 bits per heavy atom. The monoisotopic (exact) mass is 854 g/mol. The van der Waals surface area contributed by atoms with Crippen LogP contribution in [0.1, 0.15) is 57.1 Å². The van der Waals surface area contributed by atoms with E-state index >= 15 is 0 Å². The van der Waals surface area contributed by atoms with Crippen molar-refractivity contribution in [2.45, 2.75) is 120 Å². The lowest BCUT2D eigenvalue weighted by Gasteiger charge is -2.50. The van der Waals surface area contributed by atoms with E-state index in [1.807, 2.05) is 37.3 Å². The van der Waals surface area contributed by atoms with Gasteiger partial charge in [-0.15, -0.1) is 0 Å². The molecule has 16 nitrogen and oxygen atoms in total. The van der Waals surface area contributed by atoms with E-state index in [4.69, 9.17) is 28.4 Å². The highest BCUT2D eigenvalue weighted by atomic mass is 16.8. The van der Waals surface area contributed by atoms with Crippen LogP contribution >= 0.6 is 0 Å². The standard InChI is InChI=1S/C45H58O16/c1-3-5-7-9-11-13-16-20-30(47)21-17-15-19-23-36(51)59-42-41(33(26-46)61-45(43(42)55)37-29(27-57-45)24-31(48)25-32(37)49)60-44-40(54)39(53)38(52)34(58-44)28-56-35(50)22-18-14-12-10-8-6-4-2/h7-20,22-25,30,33-34,38-44,46-49,52-55H,3-6,21,26-28H2,1-2H3. The molecule has 0 bridgehead atoms. The van der Waals surface area contributed by atoms with Gasteiger partial charge in [-0.3, -0.25) is 0 Å². The summed E-state index contributed by atoms with van der Waals surface area (Å²) in [5.74, 6) is -4.96. The first-order chi connectivity index (χ1) is 29.4. The lowest BCUT2D eigenvalue weighted by Crippen LogP contribution is -2.67. The summed E-state index contributed by atoms with van der Waals surface area (Å²) >= 11 is 0. The molecule has 11 atom stereocenters. The zero-order valence-corrected chi connectivity index (χ0v) is 34.2. The summed E-state index contributed by atoms with van der Waals surface area (Å²) < 4.78 is 34.6. The second-order valence-corrected chi connectivity index (χ2v) is 14.4. The number of fused-ring (bicyclic) bond motifs is 2. The van der Waals surface area contributed by atoms with Gasteiger partial charge in [0.25, 0.3) is 0 Å². The summed E-state index contributed by atoms with van der Waals surface area (Å²) in [5.41, 5.74) is 0.104. The van der Waals surface area contributed by atoms with Crippen molar-refractivity contribution in [2.75, 3.05) is 13.2 Å². The Morgan fingerprint density at radius 3 is 2.13 bits per heavy atom. The van der Waals surface area contributed by atoms with Crippen LogP contribution in [-0.2, 0) is 50.4 Å². The van der Waals surface area contributed by atoms with Gasteiger partial charge in [-0.25, -0.2) is 9.59 Å². The van der Waals surface area contributed by atoms with Gasteiger partial charge in [0.1, 0.15) is 54.7 Å². The Labute approximate surface area is 354 Å². The molecule has 3 aliphatic heterocycles. The van der Waals surface area contributed by atoms with Gasteiger partial charge in [-0.1, -0.05) is 112 Å². The summed E-state index contributed by atoms with van der Waals surface area (Å²) in [6, 6.07) is 2.25. The number of phenolic OH excluding ortho intramolecular Hbond substituents is 2. The van der Waals surface area contributed by atoms with Crippen molar-refractivity contribution in [1.82, 2.24) is 0 Å². The molecule has 3 heterocycles. The number of benzene rings is 1. The number of allylic oxidation sites excluding steroid dienone is 12. The van der Waals surface area contributed by atoms with Crippen molar-refractivity contribution in [3.05, 3.63) is 120 Å². The number of carbonyl (C=O) groups excluding carboxylic acids is 2. The molecule has 1 aromatic rings. The number of carbonyl (C=O) groups is 2. The number of ether oxygens (including phenoxy) is 6. The zero-order chi connectivity index (χ0) is 44.4. The van der Waals surface area contributed by atoms with E-state index in [2.05, 4.69) is 6.92 Å². The SMILES string of the molecule is CCCC=CC=CC=CC(=O)OCC1OC(OC2C(CO)OC3(OCc4cc(O)cc(O)c43)C(O)C2OC(=O)C=CC=CCC(O)C=CC=CC=CCCC)C(O)C(O)C1O. The molecule has 61 heavy (non-hydrogen) atoms. The minimum absolute atomic E-state index is 0.114.